The number of hydrogen-bond donors (Lipinski definition) is 0. The van der Waals surface area contributed by atoms with Crippen LogP contribution < -0.4 is 0 Å². The highest BCUT2D eigenvalue weighted by molar-refractivity contribution is 7.27. The van der Waals surface area contributed by atoms with Crippen LogP contribution in [-0.4, -0.2) is 14.5 Å². The molecule has 0 fully saturated rings. The molecule has 10 aromatic rings. The lowest BCUT2D eigenvalue weighted by Gasteiger charge is -2.14. The summed E-state index contributed by atoms with van der Waals surface area (Å²) in [5, 5.41) is 10.2. The second kappa shape index (κ2) is 8.96. The highest BCUT2D eigenvalue weighted by atomic mass is 32.1. The van der Waals surface area contributed by atoms with Crippen LogP contribution in [0, 0.1) is 0 Å². The maximum absolute atomic E-state index is 5.39. The van der Waals surface area contributed by atoms with Crippen LogP contribution in [0.2, 0.25) is 0 Å². The smallest absolute Gasteiger partial charge is 0.165 e. The van der Waals surface area contributed by atoms with E-state index >= 15 is 0 Å². The molecule has 0 atom stereocenters. The number of para-hydroxylation sites is 3. The molecular formula is C40H23N3S. The molecule has 0 radical (unpaired) electrons. The lowest BCUT2D eigenvalue weighted by Crippen LogP contribution is -2.03. The summed E-state index contributed by atoms with van der Waals surface area (Å²) in [5.74, 6) is 0.847. The molecule has 0 amide bonds. The van der Waals surface area contributed by atoms with E-state index in [1.807, 2.05) is 29.5 Å². The number of nitrogens with zero attached hydrogens (tertiary/aromatic N) is 3. The zero-order valence-electron chi connectivity index (χ0n) is 23.5. The first-order valence-corrected chi connectivity index (χ1v) is 15.7. The quantitative estimate of drug-likeness (QED) is 0.205. The van der Waals surface area contributed by atoms with E-state index in [0.717, 1.165) is 33.6 Å². The van der Waals surface area contributed by atoms with Crippen molar-refractivity contribution in [3.8, 4) is 17.1 Å². The Morgan fingerprint density at radius 2 is 1.09 bits per heavy atom. The second-order valence-corrected chi connectivity index (χ2v) is 12.4. The lowest BCUT2D eigenvalue weighted by atomic mass is 9.98. The Balaban J connectivity index is 1.50. The average molecular weight is 578 g/mol. The monoisotopic (exact) mass is 577 g/mol. The highest BCUT2D eigenvalue weighted by Crippen LogP contribution is 2.49. The number of rotatable bonds is 2. The molecule has 7 aromatic carbocycles. The molecule has 44 heavy (non-hydrogen) atoms. The van der Waals surface area contributed by atoms with Crippen molar-refractivity contribution in [2.75, 3.05) is 0 Å². The standard InChI is InChI=1S/C40H23N3S/c1-2-13-25(14-3-1)36-40(42-32-20-10-9-19-31(32)41-36)43-33-21-11-8-18-29(33)34-27-16-6-7-17-28(27)35-30-23-22-24-12-4-5-15-26(24)38(30)44-39(35)37(34)43/h1-23H. The molecule has 0 aliphatic heterocycles. The van der Waals surface area contributed by atoms with Crippen molar-refractivity contribution in [3.05, 3.63) is 140 Å². The molecule has 0 saturated heterocycles. The maximum Gasteiger partial charge on any atom is 0.165 e. The number of benzene rings is 7. The van der Waals surface area contributed by atoms with Crippen molar-refractivity contribution in [2.24, 2.45) is 0 Å². The number of fused-ring (bicyclic) bond motifs is 13. The van der Waals surface area contributed by atoms with Crippen molar-refractivity contribution >= 4 is 85.9 Å². The van der Waals surface area contributed by atoms with Gasteiger partial charge in [0.1, 0.15) is 5.69 Å². The van der Waals surface area contributed by atoms with Crippen LogP contribution in [0.5, 0.6) is 0 Å². The van der Waals surface area contributed by atoms with E-state index in [0.29, 0.717) is 0 Å². The first-order chi connectivity index (χ1) is 21.8. The Morgan fingerprint density at radius 1 is 0.455 bits per heavy atom. The molecule has 0 aliphatic rings. The average Bonchev–Trinajstić information content (AvgIpc) is 3.65. The maximum atomic E-state index is 5.39. The summed E-state index contributed by atoms with van der Waals surface area (Å²) in [6.07, 6.45) is 0. The summed E-state index contributed by atoms with van der Waals surface area (Å²) in [6.45, 7) is 0. The van der Waals surface area contributed by atoms with Gasteiger partial charge in [0.05, 0.1) is 26.8 Å². The van der Waals surface area contributed by atoms with Crippen molar-refractivity contribution in [1.82, 2.24) is 14.5 Å². The van der Waals surface area contributed by atoms with Gasteiger partial charge < -0.3 is 0 Å². The number of aromatic nitrogens is 3. The molecule has 4 heteroatoms. The molecule has 3 nitrogen and oxygen atoms in total. The molecule has 0 N–H and O–H groups in total. The Kier molecular flexibility index (Phi) is 4.87. The summed E-state index contributed by atoms with van der Waals surface area (Å²) in [6, 6.07) is 49.6. The van der Waals surface area contributed by atoms with Crippen LogP contribution in [0.1, 0.15) is 0 Å². The van der Waals surface area contributed by atoms with E-state index in [1.54, 1.807) is 0 Å². The number of hydrogen-bond acceptors (Lipinski definition) is 3. The van der Waals surface area contributed by atoms with Gasteiger partial charge in [-0.2, -0.15) is 0 Å². The van der Waals surface area contributed by atoms with Gasteiger partial charge in [0.15, 0.2) is 5.82 Å². The van der Waals surface area contributed by atoms with Gasteiger partial charge in [0.2, 0.25) is 0 Å². The van der Waals surface area contributed by atoms with Crippen LogP contribution in [-0.2, 0) is 0 Å². The summed E-state index contributed by atoms with van der Waals surface area (Å²) in [7, 11) is 0. The van der Waals surface area contributed by atoms with Gasteiger partial charge in [0.25, 0.3) is 0 Å². The number of thiophene rings is 1. The zero-order valence-corrected chi connectivity index (χ0v) is 24.3. The van der Waals surface area contributed by atoms with Gasteiger partial charge in [-0.15, -0.1) is 11.3 Å². The normalized spacial score (nSPS) is 12.1. The Hall–Kier alpha value is -5.58. The van der Waals surface area contributed by atoms with E-state index in [4.69, 9.17) is 9.97 Å². The minimum absolute atomic E-state index is 0.847. The SMILES string of the molecule is c1ccc(-c2nc3ccccc3nc2-n2c3ccccc3c3c4ccccc4c4c5ccc6ccccc6c5sc4c32)cc1. The van der Waals surface area contributed by atoms with Gasteiger partial charge >= 0.3 is 0 Å². The third-order valence-corrected chi connectivity index (χ3v) is 10.2. The molecule has 3 heterocycles. The minimum atomic E-state index is 0.847. The molecule has 0 unspecified atom stereocenters. The fourth-order valence-corrected chi connectivity index (χ4v) is 8.45. The molecule has 0 spiro atoms. The van der Waals surface area contributed by atoms with E-state index in [9.17, 15) is 0 Å². The predicted octanol–water partition coefficient (Wildman–Crippen LogP) is 11.1. The Labute approximate surface area is 256 Å². The third kappa shape index (κ3) is 3.20. The topological polar surface area (TPSA) is 30.7 Å². The van der Waals surface area contributed by atoms with Crippen molar-refractivity contribution in [1.29, 1.82) is 0 Å². The molecule has 0 bridgehead atoms. The van der Waals surface area contributed by atoms with Crippen molar-refractivity contribution in [3.63, 3.8) is 0 Å². The first-order valence-electron chi connectivity index (χ1n) is 14.9. The van der Waals surface area contributed by atoms with E-state index in [-0.39, 0.29) is 0 Å². The van der Waals surface area contributed by atoms with E-state index in [2.05, 4.69) is 126 Å². The zero-order chi connectivity index (χ0) is 28.8. The van der Waals surface area contributed by atoms with Crippen LogP contribution in [0.15, 0.2) is 140 Å². The second-order valence-electron chi connectivity index (χ2n) is 11.3. The molecule has 10 rings (SSSR count). The van der Waals surface area contributed by atoms with Crippen LogP contribution in [0.3, 0.4) is 0 Å². The predicted molar refractivity (Wildman–Crippen MR) is 187 cm³/mol. The minimum Gasteiger partial charge on any atom is -0.290 e. The van der Waals surface area contributed by atoms with Crippen molar-refractivity contribution < 1.29 is 0 Å². The van der Waals surface area contributed by atoms with Gasteiger partial charge in [-0.25, -0.2) is 9.97 Å². The van der Waals surface area contributed by atoms with Gasteiger partial charge in [-0.1, -0.05) is 121 Å². The fourth-order valence-electron chi connectivity index (χ4n) is 7.06. The molecule has 204 valence electrons. The molecular weight excluding hydrogens is 555 g/mol. The van der Waals surface area contributed by atoms with E-state index in [1.165, 1.54) is 58.0 Å². The Morgan fingerprint density at radius 3 is 1.91 bits per heavy atom. The third-order valence-electron chi connectivity index (χ3n) is 8.95. The molecule has 3 aromatic heterocycles. The summed E-state index contributed by atoms with van der Waals surface area (Å²) >= 11 is 1.90. The molecule has 0 saturated carbocycles. The highest BCUT2D eigenvalue weighted by Gasteiger charge is 2.24. The lowest BCUT2D eigenvalue weighted by molar-refractivity contribution is 1.08. The van der Waals surface area contributed by atoms with Crippen LogP contribution in [0.25, 0.3) is 91.6 Å². The van der Waals surface area contributed by atoms with Crippen LogP contribution in [0.4, 0.5) is 0 Å². The van der Waals surface area contributed by atoms with E-state index < -0.39 is 0 Å². The summed E-state index contributed by atoms with van der Waals surface area (Å²) < 4.78 is 4.98. The Bertz CT molecular complexity index is 2770. The largest absolute Gasteiger partial charge is 0.290 e. The van der Waals surface area contributed by atoms with Gasteiger partial charge in [-0.05, 0) is 39.7 Å². The van der Waals surface area contributed by atoms with Gasteiger partial charge in [0, 0.05) is 31.8 Å². The van der Waals surface area contributed by atoms with Crippen molar-refractivity contribution in [2.45, 2.75) is 0 Å². The van der Waals surface area contributed by atoms with Crippen LogP contribution >= 0.6 is 11.3 Å². The van der Waals surface area contributed by atoms with Gasteiger partial charge in [-0.3, -0.25) is 4.57 Å². The molecule has 0 aliphatic carbocycles. The summed E-state index contributed by atoms with van der Waals surface area (Å²) in [4.78, 5) is 10.7. The summed E-state index contributed by atoms with van der Waals surface area (Å²) in [5.41, 5.74) is 6.01. The first kappa shape index (κ1) is 23.9. The fraction of sp³-hybridized carbons (Fsp3) is 0.